The van der Waals surface area contributed by atoms with Crippen LogP contribution in [0.1, 0.15) is 10.4 Å². The average Bonchev–Trinajstić information content (AvgIpc) is 3.04. The highest BCUT2D eigenvalue weighted by Crippen LogP contribution is 2.17. The summed E-state index contributed by atoms with van der Waals surface area (Å²) >= 11 is 5.77. The molecule has 0 saturated heterocycles. The van der Waals surface area contributed by atoms with E-state index >= 15 is 0 Å². The van der Waals surface area contributed by atoms with Gasteiger partial charge in [0.1, 0.15) is 18.4 Å². The monoisotopic (exact) mass is 300 g/mol. The molecule has 0 atom stereocenters. The average molecular weight is 301 g/mol. The molecule has 3 aromatic rings. The van der Waals surface area contributed by atoms with Gasteiger partial charge in [-0.15, -0.1) is 0 Å². The molecule has 0 aliphatic carbocycles. The zero-order valence-electron chi connectivity index (χ0n) is 10.7. The van der Waals surface area contributed by atoms with Gasteiger partial charge in [0.2, 0.25) is 0 Å². The molecule has 7 heteroatoms. The molecule has 2 aromatic heterocycles. The van der Waals surface area contributed by atoms with Crippen LogP contribution in [-0.2, 0) is 0 Å². The zero-order chi connectivity index (χ0) is 14.7. The number of ether oxygens (including phenoxy) is 1. The summed E-state index contributed by atoms with van der Waals surface area (Å²) in [4.78, 5) is 19.9. The van der Waals surface area contributed by atoms with Crippen LogP contribution in [0.15, 0.2) is 55.2 Å². The van der Waals surface area contributed by atoms with Crippen LogP contribution in [-0.4, -0.2) is 25.7 Å². The molecule has 2 heterocycles. The Morgan fingerprint density at radius 3 is 2.57 bits per heavy atom. The highest BCUT2D eigenvalue weighted by atomic mass is 35.5. The summed E-state index contributed by atoms with van der Waals surface area (Å²) in [6, 6.07) is 9.82. The van der Waals surface area contributed by atoms with Crippen molar-refractivity contribution in [1.29, 1.82) is 0 Å². The van der Waals surface area contributed by atoms with Crippen molar-refractivity contribution < 1.29 is 9.53 Å². The number of hydrogen-bond acceptors (Lipinski definition) is 5. The van der Waals surface area contributed by atoms with Gasteiger partial charge in [0, 0.05) is 11.2 Å². The summed E-state index contributed by atoms with van der Waals surface area (Å²) in [7, 11) is 0. The second kappa shape index (κ2) is 5.72. The van der Waals surface area contributed by atoms with Crippen molar-refractivity contribution in [2.75, 3.05) is 0 Å². The van der Waals surface area contributed by atoms with Crippen molar-refractivity contribution in [3.05, 3.63) is 65.8 Å². The highest BCUT2D eigenvalue weighted by Gasteiger charge is 2.09. The van der Waals surface area contributed by atoms with Gasteiger partial charge in [-0.2, -0.15) is 5.10 Å². The van der Waals surface area contributed by atoms with Gasteiger partial charge in [-0.05, 0) is 36.4 Å². The number of halogens is 1. The van der Waals surface area contributed by atoms with Crippen LogP contribution >= 0.6 is 11.6 Å². The van der Waals surface area contributed by atoms with Crippen molar-refractivity contribution in [3.8, 4) is 11.6 Å². The van der Waals surface area contributed by atoms with E-state index in [-0.39, 0.29) is 0 Å². The maximum atomic E-state index is 12.0. The molecule has 0 radical (unpaired) electrons. The number of aromatic nitrogens is 4. The number of benzene rings is 1. The molecule has 104 valence electrons. The molecule has 21 heavy (non-hydrogen) atoms. The van der Waals surface area contributed by atoms with E-state index in [0.717, 1.165) is 0 Å². The maximum absolute atomic E-state index is 12.0. The lowest BCUT2D eigenvalue weighted by molar-refractivity contribution is 0.0734. The van der Waals surface area contributed by atoms with Crippen molar-refractivity contribution in [3.63, 3.8) is 0 Å². The number of rotatable bonds is 3. The minimum atomic E-state index is -0.491. The third-order valence-electron chi connectivity index (χ3n) is 2.66. The van der Waals surface area contributed by atoms with Gasteiger partial charge in [0.15, 0.2) is 5.82 Å². The number of carbonyl (C=O) groups excluding carboxylic acids is 1. The molecule has 0 unspecified atom stereocenters. The van der Waals surface area contributed by atoms with E-state index in [2.05, 4.69) is 15.1 Å². The second-order valence-corrected chi connectivity index (χ2v) is 4.52. The van der Waals surface area contributed by atoms with Gasteiger partial charge in [0.05, 0.1) is 5.56 Å². The molecule has 0 saturated carbocycles. The Morgan fingerprint density at radius 1 is 1.14 bits per heavy atom. The number of pyridine rings is 1. The van der Waals surface area contributed by atoms with Crippen LogP contribution in [0.5, 0.6) is 5.75 Å². The van der Waals surface area contributed by atoms with Crippen LogP contribution < -0.4 is 4.74 Å². The lowest BCUT2D eigenvalue weighted by Crippen LogP contribution is -2.09. The summed E-state index contributed by atoms with van der Waals surface area (Å²) in [5.41, 5.74) is 0.341. The summed E-state index contributed by atoms with van der Waals surface area (Å²) < 4.78 is 6.71. The quantitative estimate of drug-likeness (QED) is 0.549. The van der Waals surface area contributed by atoms with E-state index in [0.29, 0.717) is 22.2 Å². The van der Waals surface area contributed by atoms with Gasteiger partial charge < -0.3 is 4.74 Å². The molecule has 0 N–H and O–H groups in total. The third-order valence-corrected chi connectivity index (χ3v) is 2.91. The molecule has 0 fully saturated rings. The number of hydrogen-bond donors (Lipinski definition) is 0. The Hall–Kier alpha value is -2.73. The molecular formula is C14H9ClN4O2. The van der Waals surface area contributed by atoms with E-state index in [1.54, 1.807) is 36.4 Å². The summed E-state index contributed by atoms with van der Waals surface area (Å²) in [6.45, 7) is 0. The van der Waals surface area contributed by atoms with Gasteiger partial charge in [-0.25, -0.2) is 19.4 Å². The van der Waals surface area contributed by atoms with Crippen LogP contribution in [0.25, 0.3) is 5.82 Å². The van der Waals surface area contributed by atoms with Crippen molar-refractivity contribution in [1.82, 2.24) is 19.7 Å². The summed E-state index contributed by atoms with van der Waals surface area (Å²) in [6.07, 6.45) is 4.35. The first-order chi connectivity index (χ1) is 10.2. The minimum absolute atomic E-state index is 0.341. The second-order valence-electron chi connectivity index (χ2n) is 4.09. The smallest absolute Gasteiger partial charge is 0.345 e. The summed E-state index contributed by atoms with van der Waals surface area (Å²) in [5, 5.41) is 4.53. The number of esters is 1. The number of nitrogens with zero attached hydrogens (tertiary/aromatic N) is 4. The van der Waals surface area contributed by atoms with Crippen molar-refractivity contribution in [2.45, 2.75) is 0 Å². The van der Waals surface area contributed by atoms with Crippen LogP contribution in [0.2, 0.25) is 5.02 Å². The summed E-state index contributed by atoms with van der Waals surface area (Å²) in [5.74, 6) is 0.496. The molecule has 1 aromatic carbocycles. The van der Waals surface area contributed by atoms with Crippen molar-refractivity contribution >= 4 is 17.6 Å². The lowest BCUT2D eigenvalue weighted by atomic mass is 10.3. The Kier molecular flexibility index (Phi) is 3.61. The van der Waals surface area contributed by atoms with E-state index < -0.39 is 5.97 Å². The van der Waals surface area contributed by atoms with E-state index in [1.165, 1.54) is 23.5 Å². The van der Waals surface area contributed by atoms with Crippen LogP contribution in [0.3, 0.4) is 0 Å². The largest absolute Gasteiger partial charge is 0.423 e. The first kappa shape index (κ1) is 13.3. The molecule has 0 amide bonds. The highest BCUT2D eigenvalue weighted by molar-refractivity contribution is 6.30. The maximum Gasteiger partial charge on any atom is 0.345 e. The molecular weight excluding hydrogens is 292 g/mol. The minimum Gasteiger partial charge on any atom is -0.423 e. The first-order valence-corrected chi connectivity index (χ1v) is 6.39. The molecule has 0 aliphatic rings. The fraction of sp³-hybridized carbons (Fsp3) is 0. The lowest BCUT2D eigenvalue weighted by Gasteiger charge is -2.05. The molecule has 0 bridgehead atoms. The fourth-order valence-electron chi connectivity index (χ4n) is 1.64. The third kappa shape index (κ3) is 3.06. The van der Waals surface area contributed by atoms with E-state index in [1.807, 2.05) is 0 Å². The Balaban J connectivity index is 1.74. The van der Waals surface area contributed by atoms with Crippen LogP contribution in [0.4, 0.5) is 0 Å². The zero-order valence-corrected chi connectivity index (χ0v) is 11.4. The Bertz CT molecular complexity index is 740. The number of carbonyl (C=O) groups is 1. The van der Waals surface area contributed by atoms with E-state index in [4.69, 9.17) is 16.3 Å². The molecule has 0 aliphatic heterocycles. The predicted octanol–water partition coefficient (Wildman–Crippen LogP) is 2.53. The van der Waals surface area contributed by atoms with E-state index in [9.17, 15) is 4.79 Å². The standard InChI is InChI=1S/C14H9ClN4O2/c15-11-2-4-12(5-3-11)21-14(20)10-1-6-13(17-7-10)19-9-16-8-18-19/h1-9H. The van der Waals surface area contributed by atoms with Gasteiger partial charge in [-0.1, -0.05) is 11.6 Å². The van der Waals surface area contributed by atoms with Crippen LogP contribution in [0, 0.1) is 0 Å². The van der Waals surface area contributed by atoms with Gasteiger partial charge in [0.25, 0.3) is 0 Å². The molecule has 6 nitrogen and oxygen atoms in total. The van der Waals surface area contributed by atoms with Crippen molar-refractivity contribution in [2.24, 2.45) is 0 Å². The Morgan fingerprint density at radius 2 is 1.95 bits per heavy atom. The predicted molar refractivity (Wildman–Crippen MR) is 75.6 cm³/mol. The molecule has 0 spiro atoms. The molecule has 3 rings (SSSR count). The topological polar surface area (TPSA) is 69.9 Å². The van der Waals surface area contributed by atoms with Gasteiger partial charge >= 0.3 is 5.97 Å². The first-order valence-electron chi connectivity index (χ1n) is 6.01. The van der Waals surface area contributed by atoms with Gasteiger partial charge in [-0.3, -0.25) is 0 Å². The fourth-order valence-corrected chi connectivity index (χ4v) is 1.76. The Labute approximate surface area is 125 Å². The SMILES string of the molecule is O=C(Oc1ccc(Cl)cc1)c1ccc(-n2cncn2)nc1. The normalized spacial score (nSPS) is 10.3.